The Labute approximate surface area is 196 Å². The van der Waals surface area contributed by atoms with Gasteiger partial charge in [-0.15, -0.1) is 0 Å². The summed E-state index contributed by atoms with van der Waals surface area (Å²) in [6, 6.07) is 1.92. The highest BCUT2D eigenvalue weighted by Gasteiger charge is 2.27. The van der Waals surface area contributed by atoms with Gasteiger partial charge in [0.05, 0.1) is 34.4 Å². The van der Waals surface area contributed by atoms with Crippen LogP contribution < -0.4 is 5.32 Å². The van der Waals surface area contributed by atoms with E-state index in [1.165, 1.54) is 0 Å². The van der Waals surface area contributed by atoms with Crippen molar-refractivity contribution in [1.29, 1.82) is 0 Å². The molecule has 0 radical (unpaired) electrons. The summed E-state index contributed by atoms with van der Waals surface area (Å²) in [6.45, 7) is 6.09. The van der Waals surface area contributed by atoms with Crippen LogP contribution in [0.2, 0.25) is 0 Å². The molecule has 33 heavy (non-hydrogen) atoms. The fourth-order valence-corrected chi connectivity index (χ4v) is 4.62. The summed E-state index contributed by atoms with van der Waals surface area (Å²) in [4.78, 5) is 34.4. The molecule has 176 valence electrons. The molecule has 2 aliphatic rings. The molecule has 1 N–H and O–H groups in total. The van der Waals surface area contributed by atoms with Crippen molar-refractivity contribution in [3.63, 3.8) is 0 Å². The molecule has 0 saturated heterocycles. The molecule has 9 nitrogen and oxygen atoms in total. The Hall–Kier alpha value is -2.75. The average Bonchev–Trinajstić information content (AvgIpc) is 3.17. The molecule has 1 aliphatic heterocycles. The second kappa shape index (κ2) is 9.62. The maximum atomic E-state index is 12.0. The lowest BCUT2D eigenvalue weighted by atomic mass is 9.84. The lowest BCUT2D eigenvalue weighted by molar-refractivity contribution is 0.0487. The fourth-order valence-electron chi connectivity index (χ4n) is 4.19. The number of nitrogens with zero attached hydrogens (tertiary/aromatic N) is 5. The van der Waals surface area contributed by atoms with E-state index in [2.05, 4.69) is 25.3 Å². The quantitative estimate of drug-likeness (QED) is 0.667. The third kappa shape index (κ3) is 5.98. The standard InChI is InChI=1S/C23H30N6O3S/c1-23(2,3)32-22(30)27-15-7-5-14(6-8-15)11-19-25-12-16-18(28-19)13-26-20(16)17-9-10-24-21(29-17)33(4)31/h9-10,12,14-15H,5-8,11,13H2,1-4H3,(H,27,30). The van der Waals surface area contributed by atoms with Gasteiger partial charge in [-0.1, -0.05) is 0 Å². The van der Waals surface area contributed by atoms with Crippen LogP contribution in [0.5, 0.6) is 0 Å². The van der Waals surface area contributed by atoms with Crippen molar-refractivity contribution in [2.75, 3.05) is 6.26 Å². The molecule has 1 amide bonds. The second-order valence-corrected chi connectivity index (χ2v) is 10.8. The molecule has 2 aromatic heterocycles. The van der Waals surface area contributed by atoms with Gasteiger partial charge in [-0.05, 0) is 58.4 Å². The number of nitrogens with one attached hydrogen (secondary N) is 1. The Morgan fingerprint density at radius 2 is 1.94 bits per heavy atom. The van der Waals surface area contributed by atoms with E-state index in [0.717, 1.165) is 54.9 Å². The van der Waals surface area contributed by atoms with Crippen molar-refractivity contribution < 1.29 is 13.7 Å². The molecule has 4 rings (SSSR count). The second-order valence-electron chi connectivity index (χ2n) is 9.56. The van der Waals surface area contributed by atoms with Crippen LogP contribution in [0.3, 0.4) is 0 Å². The van der Waals surface area contributed by atoms with Gasteiger partial charge in [0.25, 0.3) is 0 Å². The third-order valence-electron chi connectivity index (χ3n) is 5.73. The molecule has 0 spiro atoms. The molecule has 3 heterocycles. The molecule has 1 fully saturated rings. The first-order chi connectivity index (χ1) is 15.7. The van der Waals surface area contributed by atoms with Crippen LogP contribution in [0, 0.1) is 5.92 Å². The van der Waals surface area contributed by atoms with Crippen LogP contribution in [0.15, 0.2) is 28.6 Å². The molecule has 2 aromatic rings. The first kappa shape index (κ1) is 23.4. The van der Waals surface area contributed by atoms with E-state index in [0.29, 0.717) is 18.2 Å². The highest BCUT2D eigenvalue weighted by molar-refractivity contribution is 7.84. The number of fused-ring (bicyclic) bond motifs is 1. The monoisotopic (exact) mass is 470 g/mol. The molecular weight excluding hydrogens is 440 g/mol. The van der Waals surface area contributed by atoms with Gasteiger partial charge < -0.3 is 10.1 Å². The minimum absolute atomic E-state index is 0.156. The first-order valence-electron chi connectivity index (χ1n) is 11.2. The van der Waals surface area contributed by atoms with Gasteiger partial charge in [0, 0.05) is 36.7 Å². The largest absolute Gasteiger partial charge is 0.444 e. The van der Waals surface area contributed by atoms with Gasteiger partial charge in [-0.25, -0.2) is 24.7 Å². The Kier molecular flexibility index (Phi) is 6.83. The maximum absolute atomic E-state index is 12.0. The summed E-state index contributed by atoms with van der Waals surface area (Å²) < 4.78 is 17.1. The molecule has 10 heteroatoms. The van der Waals surface area contributed by atoms with Crippen LogP contribution in [0.4, 0.5) is 4.79 Å². The highest BCUT2D eigenvalue weighted by atomic mass is 32.2. The van der Waals surface area contributed by atoms with Crippen molar-refractivity contribution >= 4 is 22.6 Å². The Morgan fingerprint density at radius 1 is 1.18 bits per heavy atom. The van der Waals surface area contributed by atoms with Gasteiger partial charge in [0.2, 0.25) is 5.16 Å². The molecule has 0 bridgehead atoms. The van der Waals surface area contributed by atoms with E-state index in [9.17, 15) is 9.00 Å². The van der Waals surface area contributed by atoms with Crippen molar-refractivity contribution in [3.8, 4) is 0 Å². The van der Waals surface area contributed by atoms with Gasteiger partial charge in [-0.2, -0.15) is 0 Å². The van der Waals surface area contributed by atoms with Crippen LogP contribution >= 0.6 is 0 Å². The zero-order chi connectivity index (χ0) is 23.6. The number of carbonyl (C=O) groups is 1. The average molecular weight is 471 g/mol. The lowest BCUT2D eigenvalue weighted by Gasteiger charge is -2.29. The zero-order valence-corrected chi connectivity index (χ0v) is 20.3. The topological polar surface area (TPSA) is 119 Å². The van der Waals surface area contributed by atoms with Crippen LogP contribution in [0.1, 0.15) is 69.2 Å². The SMILES string of the molecule is CS(=O)c1nccc(C2=NCc3nc(CC4CCC(NC(=O)OC(C)(C)C)CC4)ncc32)n1. The number of hydrogen-bond donors (Lipinski definition) is 1. The summed E-state index contributed by atoms with van der Waals surface area (Å²) in [5.41, 5.74) is 2.64. The predicted octanol–water partition coefficient (Wildman–Crippen LogP) is 2.98. The van der Waals surface area contributed by atoms with Crippen LogP contribution in [-0.2, 0) is 28.5 Å². The van der Waals surface area contributed by atoms with E-state index in [4.69, 9.17) is 9.72 Å². The van der Waals surface area contributed by atoms with Gasteiger partial charge in [0.1, 0.15) is 11.4 Å². The summed E-state index contributed by atoms with van der Waals surface area (Å²) in [7, 11) is -1.25. The minimum Gasteiger partial charge on any atom is -0.444 e. The van der Waals surface area contributed by atoms with Gasteiger partial charge in [0.15, 0.2) is 0 Å². The van der Waals surface area contributed by atoms with E-state index in [-0.39, 0.29) is 17.3 Å². The fraction of sp³-hybridized carbons (Fsp3) is 0.565. The van der Waals surface area contributed by atoms with E-state index < -0.39 is 16.4 Å². The van der Waals surface area contributed by atoms with Crippen molar-refractivity contribution in [1.82, 2.24) is 25.3 Å². The van der Waals surface area contributed by atoms with Crippen LogP contribution in [0.25, 0.3) is 0 Å². The number of rotatable bonds is 5. The number of carbonyl (C=O) groups excluding carboxylic acids is 1. The number of aromatic nitrogens is 4. The lowest BCUT2D eigenvalue weighted by Crippen LogP contribution is -2.41. The summed E-state index contributed by atoms with van der Waals surface area (Å²) >= 11 is 0. The van der Waals surface area contributed by atoms with Crippen LogP contribution in [-0.4, -0.2) is 53.8 Å². The summed E-state index contributed by atoms with van der Waals surface area (Å²) in [6.07, 6.45) is 9.33. The van der Waals surface area contributed by atoms with E-state index >= 15 is 0 Å². The van der Waals surface area contributed by atoms with Gasteiger partial charge in [-0.3, -0.25) is 9.20 Å². The number of ether oxygens (including phenoxy) is 1. The molecule has 1 saturated carbocycles. The Balaban J connectivity index is 1.34. The van der Waals surface area contributed by atoms with Crippen molar-refractivity contribution in [3.05, 3.63) is 41.2 Å². The number of alkyl carbamates (subject to hydrolysis) is 1. The highest BCUT2D eigenvalue weighted by Crippen LogP contribution is 2.28. The zero-order valence-electron chi connectivity index (χ0n) is 19.5. The normalized spacial score (nSPS) is 21.2. The molecule has 1 unspecified atom stereocenters. The summed E-state index contributed by atoms with van der Waals surface area (Å²) in [5, 5.41) is 3.28. The Bertz CT molecular complexity index is 1090. The molecule has 1 aliphatic carbocycles. The molecule has 0 aromatic carbocycles. The number of amides is 1. The Morgan fingerprint density at radius 3 is 2.64 bits per heavy atom. The number of aliphatic imine (C=N–C) groups is 1. The van der Waals surface area contributed by atoms with E-state index in [1.54, 1.807) is 18.5 Å². The first-order valence-corrected chi connectivity index (χ1v) is 12.8. The molecular formula is C23H30N6O3S. The van der Waals surface area contributed by atoms with Gasteiger partial charge >= 0.3 is 6.09 Å². The summed E-state index contributed by atoms with van der Waals surface area (Å²) in [5.74, 6) is 1.32. The predicted molar refractivity (Wildman–Crippen MR) is 125 cm³/mol. The maximum Gasteiger partial charge on any atom is 0.407 e. The smallest absolute Gasteiger partial charge is 0.407 e. The number of hydrogen-bond acceptors (Lipinski definition) is 8. The molecule has 1 atom stereocenters. The van der Waals surface area contributed by atoms with Crippen molar-refractivity contribution in [2.45, 2.75) is 76.2 Å². The van der Waals surface area contributed by atoms with E-state index in [1.807, 2.05) is 27.0 Å². The minimum atomic E-state index is -1.25. The van der Waals surface area contributed by atoms with Crippen molar-refractivity contribution in [2.24, 2.45) is 10.9 Å². The third-order valence-corrected chi connectivity index (χ3v) is 6.44.